The molecule has 1 heterocycles. The van der Waals surface area contributed by atoms with E-state index in [9.17, 15) is 0 Å². The highest BCUT2D eigenvalue weighted by Gasteiger charge is 2.10. The number of aromatic nitrogens is 2. The molecule has 3 rings (SSSR count). The zero-order valence-corrected chi connectivity index (χ0v) is 13.7. The Morgan fingerprint density at radius 3 is 2.48 bits per heavy atom. The maximum absolute atomic E-state index is 6.21. The predicted octanol–water partition coefficient (Wildman–Crippen LogP) is 4.59. The van der Waals surface area contributed by atoms with Gasteiger partial charge in [-0.1, -0.05) is 48.0 Å². The van der Waals surface area contributed by atoms with Gasteiger partial charge in [0.25, 0.3) is 0 Å². The molecule has 0 saturated heterocycles. The van der Waals surface area contributed by atoms with Crippen LogP contribution in [0.15, 0.2) is 60.0 Å². The molecule has 0 spiro atoms. The Labute approximate surface area is 140 Å². The van der Waals surface area contributed by atoms with Crippen LogP contribution >= 0.6 is 11.6 Å². The van der Waals surface area contributed by atoms with E-state index in [0.717, 1.165) is 28.2 Å². The van der Waals surface area contributed by atoms with E-state index in [2.05, 4.69) is 28.5 Å². The summed E-state index contributed by atoms with van der Waals surface area (Å²) in [4.78, 5) is 4.19. The molecular weight excluding hydrogens is 308 g/mol. The summed E-state index contributed by atoms with van der Waals surface area (Å²) in [5.41, 5.74) is 8.04. The average molecular weight is 325 g/mol. The van der Waals surface area contributed by atoms with Crippen molar-refractivity contribution in [2.24, 2.45) is 5.10 Å². The molecule has 0 bridgehead atoms. The van der Waals surface area contributed by atoms with E-state index in [4.69, 9.17) is 11.6 Å². The molecule has 116 valence electrons. The lowest BCUT2D eigenvalue weighted by molar-refractivity contribution is 1.03. The SMILES string of the molecule is Cc1ccccc1NN=Cc1c(Cl)ncn1-c1ccccc1C. The van der Waals surface area contributed by atoms with Gasteiger partial charge >= 0.3 is 0 Å². The molecule has 1 aromatic heterocycles. The zero-order valence-electron chi connectivity index (χ0n) is 13.0. The van der Waals surface area contributed by atoms with Crippen molar-refractivity contribution in [3.8, 4) is 5.69 Å². The highest BCUT2D eigenvalue weighted by Crippen LogP contribution is 2.20. The van der Waals surface area contributed by atoms with E-state index in [1.165, 1.54) is 0 Å². The molecule has 0 unspecified atom stereocenters. The van der Waals surface area contributed by atoms with Gasteiger partial charge < -0.3 is 0 Å². The molecule has 23 heavy (non-hydrogen) atoms. The van der Waals surface area contributed by atoms with Gasteiger partial charge in [-0.05, 0) is 37.1 Å². The number of benzene rings is 2. The molecule has 0 fully saturated rings. The van der Waals surface area contributed by atoms with Gasteiger partial charge in [-0.25, -0.2) is 4.98 Å². The maximum Gasteiger partial charge on any atom is 0.156 e. The number of anilines is 1. The van der Waals surface area contributed by atoms with Crippen molar-refractivity contribution in [1.82, 2.24) is 9.55 Å². The second kappa shape index (κ2) is 6.67. The Kier molecular flexibility index (Phi) is 4.44. The van der Waals surface area contributed by atoms with Gasteiger partial charge in [0.05, 0.1) is 17.6 Å². The minimum Gasteiger partial charge on any atom is -0.296 e. The standard InChI is InChI=1S/C18H17ClN4/c1-13-7-3-5-9-15(13)22-21-11-17-18(19)20-12-23(17)16-10-6-4-8-14(16)2/h3-12,22H,1-2H3. The number of rotatable bonds is 4. The monoisotopic (exact) mass is 324 g/mol. The van der Waals surface area contributed by atoms with Crippen LogP contribution in [-0.4, -0.2) is 15.8 Å². The van der Waals surface area contributed by atoms with Gasteiger partial charge in [0.2, 0.25) is 0 Å². The molecule has 0 amide bonds. The third-order valence-electron chi connectivity index (χ3n) is 3.65. The van der Waals surface area contributed by atoms with Crippen LogP contribution in [0, 0.1) is 13.8 Å². The molecule has 0 radical (unpaired) electrons. The van der Waals surface area contributed by atoms with Gasteiger partial charge in [0, 0.05) is 0 Å². The Bertz CT molecular complexity index is 852. The third kappa shape index (κ3) is 3.27. The second-order valence-corrected chi connectivity index (χ2v) is 5.62. The average Bonchev–Trinajstić information content (AvgIpc) is 2.91. The molecule has 0 aliphatic carbocycles. The Morgan fingerprint density at radius 2 is 1.74 bits per heavy atom. The molecule has 1 N–H and O–H groups in total. The molecule has 5 heteroatoms. The van der Waals surface area contributed by atoms with E-state index in [0.29, 0.717) is 5.15 Å². The number of nitrogens with zero attached hydrogens (tertiary/aromatic N) is 3. The van der Waals surface area contributed by atoms with Crippen LogP contribution in [0.1, 0.15) is 16.8 Å². The Hall–Kier alpha value is -2.59. The van der Waals surface area contributed by atoms with Crippen molar-refractivity contribution < 1.29 is 0 Å². The third-order valence-corrected chi connectivity index (χ3v) is 3.94. The van der Waals surface area contributed by atoms with Crippen molar-refractivity contribution in [2.45, 2.75) is 13.8 Å². The summed E-state index contributed by atoms with van der Waals surface area (Å²) < 4.78 is 1.93. The Morgan fingerprint density at radius 1 is 1.04 bits per heavy atom. The molecule has 2 aromatic carbocycles. The number of hydrogen-bond acceptors (Lipinski definition) is 3. The first-order chi connectivity index (χ1) is 11.2. The van der Waals surface area contributed by atoms with E-state index in [1.807, 2.05) is 54.0 Å². The van der Waals surface area contributed by atoms with Crippen LogP contribution in [0.25, 0.3) is 5.69 Å². The number of para-hydroxylation sites is 2. The fourth-order valence-corrected chi connectivity index (χ4v) is 2.52. The summed E-state index contributed by atoms with van der Waals surface area (Å²) in [6.07, 6.45) is 3.40. The van der Waals surface area contributed by atoms with Gasteiger partial charge in [-0.3, -0.25) is 9.99 Å². The number of hydrazone groups is 1. The van der Waals surface area contributed by atoms with Crippen molar-refractivity contribution in [1.29, 1.82) is 0 Å². The number of imidazole rings is 1. The molecule has 3 aromatic rings. The lowest BCUT2D eigenvalue weighted by Crippen LogP contribution is -2.02. The summed E-state index contributed by atoms with van der Waals surface area (Å²) in [5, 5.41) is 4.72. The summed E-state index contributed by atoms with van der Waals surface area (Å²) >= 11 is 6.21. The molecule has 0 saturated carbocycles. The number of hydrogen-bond donors (Lipinski definition) is 1. The first-order valence-electron chi connectivity index (χ1n) is 7.30. The van der Waals surface area contributed by atoms with Crippen LogP contribution in [0.4, 0.5) is 5.69 Å². The smallest absolute Gasteiger partial charge is 0.156 e. The van der Waals surface area contributed by atoms with Crippen LogP contribution in [-0.2, 0) is 0 Å². The number of aryl methyl sites for hydroxylation is 2. The highest BCUT2D eigenvalue weighted by atomic mass is 35.5. The van der Waals surface area contributed by atoms with Crippen LogP contribution in [0.5, 0.6) is 0 Å². The number of nitrogens with one attached hydrogen (secondary N) is 1. The van der Waals surface area contributed by atoms with Crippen molar-refractivity contribution >= 4 is 23.5 Å². The summed E-state index contributed by atoms with van der Waals surface area (Å²) in [5.74, 6) is 0. The first-order valence-corrected chi connectivity index (χ1v) is 7.68. The number of halogens is 1. The quantitative estimate of drug-likeness (QED) is 0.563. The fraction of sp³-hybridized carbons (Fsp3) is 0.111. The lowest BCUT2D eigenvalue weighted by Gasteiger charge is -2.09. The topological polar surface area (TPSA) is 42.2 Å². The largest absolute Gasteiger partial charge is 0.296 e. The van der Waals surface area contributed by atoms with E-state index >= 15 is 0 Å². The molecule has 0 aliphatic rings. The van der Waals surface area contributed by atoms with E-state index in [1.54, 1.807) is 12.5 Å². The molecule has 0 atom stereocenters. The minimum absolute atomic E-state index is 0.420. The predicted molar refractivity (Wildman–Crippen MR) is 95.7 cm³/mol. The van der Waals surface area contributed by atoms with Gasteiger partial charge in [0.15, 0.2) is 5.15 Å². The highest BCUT2D eigenvalue weighted by molar-refractivity contribution is 6.31. The minimum atomic E-state index is 0.420. The van der Waals surface area contributed by atoms with Crippen molar-refractivity contribution in [3.05, 3.63) is 76.8 Å². The second-order valence-electron chi connectivity index (χ2n) is 5.26. The van der Waals surface area contributed by atoms with Crippen molar-refractivity contribution in [3.63, 3.8) is 0 Å². The van der Waals surface area contributed by atoms with Crippen LogP contribution in [0.2, 0.25) is 5.15 Å². The Balaban J connectivity index is 1.89. The van der Waals surface area contributed by atoms with Gasteiger partial charge in [-0.15, -0.1) is 0 Å². The normalized spacial score (nSPS) is 11.1. The molecule has 0 aliphatic heterocycles. The van der Waals surface area contributed by atoms with E-state index in [-0.39, 0.29) is 0 Å². The summed E-state index contributed by atoms with van der Waals surface area (Å²) in [7, 11) is 0. The lowest BCUT2D eigenvalue weighted by atomic mass is 10.2. The molecule has 4 nitrogen and oxygen atoms in total. The van der Waals surface area contributed by atoms with E-state index < -0.39 is 0 Å². The van der Waals surface area contributed by atoms with Crippen LogP contribution in [0.3, 0.4) is 0 Å². The van der Waals surface area contributed by atoms with Crippen LogP contribution < -0.4 is 5.43 Å². The molecular formula is C18H17ClN4. The maximum atomic E-state index is 6.21. The van der Waals surface area contributed by atoms with Crippen molar-refractivity contribution in [2.75, 3.05) is 5.43 Å². The first kappa shape index (κ1) is 15.3. The summed E-state index contributed by atoms with van der Waals surface area (Å²) in [6, 6.07) is 16.0. The fourth-order valence-electron chi connectivity index (χ4n) is 2.34. The van der Waals surface area contributed by atoms with Gasteiger partial charge in [0.1, 0.15) is 12.0 Å². The summed E-state index contributed by atoms with van der Waals surface area (Å²) in [6.45, 7) is 4.08. The zero-order chi connectivity index (χ0) is 16.2. The van der Waals surface area contributed by atoms with Gasteiger partial charge in [-0.2, -0.15) is 5.10 Å².